The highest BCUT2D eigenvalue weighted by Gasteiger charge is 2.20. The second-order valence-electron chi connectivity index (χ2n) is 7.31. The maximum Gasteiger partial charge on any atom is 0.253 e. The topological polar surface area (TPSA) is 97.8 Å². The quantitative estimate of drug-likeness (QED) is 0.553. The number of nitrogens with one attached hydrogen (secondary N) is 4. The van der Waals surface area contributed by atoms with Crippen molar-refractivity contribution in [1.82, 2.24) is 10.3 Å². The second-order valence-corrected chi connectivity index (χ2v) is 7.75. The molecule has 1 amide bonds. The van der Waals surface area contributed by atoms with Gasteiger partial charge in [0, 0.05) is 46.3 Å². The van der Waals surface area contributed by atoms with Crippen LogP contribution in [0.3, 0.4) is 0 Å². The molecule has 3 rings (SSSR count). The van der Waals surface area contributed by atoms with Crippen molar-refractivity contribution in [3.05, 3.63) is 61.5 Å². The highest BCUT2D eigenvalue weighted by Crippen LogP contribution is 2.28. The lowest BCUT2D eigenvalue weighted by molar-refractivity contribution is 0.0950. The molecule has 28 heavy (non-hydrogen) atoms. The van der Waals surface area contributed by atoms with Crippen molar-refractivity contribution < 1.29 is 4.79 Å². The zero-order chi connectivity index (χ0) is 20.3. The Bertz CT molecular complexity index is 962. The van der Waals surface area contributed by atoms with Crippen molar-refractivity contribution in [1.29, 1.82) is 5.41 Å². The minimum atomic E-state index is -0.366. The fourth-order valence-electron chi connectivity index (χ4n) is 3.74. The summed E-state index contributed by atoms with van der Waals surface area (Å²) in [5.74, 6) is -0.366. The number of pyridine rings is 1. The third kappa shape index (κ3) is 4.44. The van der Waals surface area contributed by atoms with E-state index in [4.69, 9.17) is 17.0 Å². The lowest BCUT2D eigenvalue weighted by Gasteiger charge is -2.18. The molecule has 2 aromatic rings. The molecule has 1 aromatic heterocycles. The molecule has 0 bridgehead atoms. The lowest BCUT2D eigenvalue weighted by atomic mass is 10.0. The van der Waals surface area contributed by atoms with Crippen LogP contribution in [0, 0.1) is 19.3 Å². The molecule has 0 atom stereocenters. The summed E-state index contributed by atoms with van der Waals surface area (Å²) >= 11 is 6.24. The number of aromatic nitrogens is 1. The van der Waals surface area contributed by atoms with Gasteiger partial charge in [0.2, 0.25) is 0 Å². The van der Waals surface area contributed by atoms with Gasteiger partial charge in [-0.05, 0) is 50.5 Å². The van der Waals surface area contributed by atoms with Gasteiger partial charge in [0.05, 0.1) is 5.56 Å². The minimum Gasteiger partial charge on any atom is -0.382 e. The largest absolute Gasteiger partial charge is 0.382 e. The zero-order valence-electron chi connectivity index (χ0n) is 16.1. The zero-order valence-corrected chi connectivity index (χ0v) is 16.9. The summed E-state index contributed by atoms with van der Waals surface area (Å²) < 4.78 is 0. The number of aromatic amines is 1. The molecule has 0 unspecified atom stereocenters. The molecule has 0 radical (unpaired) electrons. The predicted octanol–water partition coefficient (Wildman–Crippen LogP) is 3.93. The lowest BCUT2D eigenvalue weighted by Crippen LogP contribution is -2.29. The first kappa shape index (κ1) is 20.1. The summed E-state index contributed by atoms with van der Waals surface area (Å²) in [6.45, 7) is 3.77. The number of aryl methyl sites for hydroxylation is 2. The Morgan fingerprint density at radius 2 is 2.00 bits per heavy atom. The summed E-state index contributed by atoms with van der Waals surface area (Å²) in [5, 5.41) is 14.5. The van der Waals surface area contributed by atoms with Gasteiger partial charge in [0.25, 0.3) is 11.5 Å². The smallest absolute Gasteiger partial charge is 0.253 e. The van der Waals surface area contributed by atoms with Crippen LogP contribution in [0.1, 0.15) is 58.4 Å². The number of hydrogen-bond donors (Lipinski definition) is 4. The highest BCUT2D eigenvalue weighted by molar-refractivity contribution is 6.31. The van der Waals surface area contributed by atoms with Crippen LogP contribution in [0.4, 0.5) is 5.69 Å². The number of hydrogen-bond acceptors (Lipinski definition) is 4. The molecule has 6 nitrogen and oxygen atoms in total. The van der Waals surface area contributed by atoms with Gasteiger partial charge in [-0.2, -0.15) is 0 Å². The van der Waals surface area contributed by atoms with Crippen molar-refractivity contribution in [2.75, 3.05) is 5.32 Å². The Hall–Kier alpha value is -2.60. The maximum absolute atomic E-state index is 12.8. The average Bonchev–Trinajstić information content (AvgIpc) is 3.13. The molecular weight excluding hydrogens is 376 g/mol. The van der Waals surface area contributed by atoms with Gasteiger partial charge < -0.3 is 21.0 Å². The van der Waals surface area contributed by atoms with Gasteiger partial charge in [-0.1, -0.05) is 24.4 Å². The van der Waals surface area contributed by atoms with Crippen LogP contribution in [-0.4, -0.2) is 23.1 Å². The average molecular weight is 401 g/mol. The van der Waals surface area contributed by atoms with Gasteiger partial charge in [0.15, 0.2) is 0 Å². The van der Waals surface area contributed by atoms with E-state index in [1.54, 1.807) is 12.1 Å². The van der Waals surface area contributed by atoms with E-state index in [-0.39, 0.29) is 18.0 Å². The number of rotatable bonds is 6. The van der Waals surface area contributed by atoms with E-state index < -0.39 is 0 Å². The van der Waals surface area contributed by atoms with Crippen molar-refractivity contribution in [3.8, 4) is 0 Å². The molecule has 1 aliphatic carbocycles. The number of carbonyl (C=O) groups excluding carboxylic acids is 1. The molecule has 0 aliphatic heterocycles. The summed E-state index contributed by atoms with van der Waals surface area (Å²) in [6.07, 6.45) is 5.67. The van der Waals surface area contributed by atoms with E-state index in [1.165, 1.54) is 19.1 Å². The monoisotopic (exact) mass is 400 g/mol. The molecule has 148 valence electrons. The number of amides is 1. The van der Waals surface area contributed by atoms with Crippen LogP contribution >= 0.6 is 11.6 Å². The van der Waals surface area contributed by atoms with Gasteiger partial charge in [-0.15, -0.1) is 0 Å². The Kier molecular flexibility index (Phi) is 6.19. The number of halogens is 1. The first-order valence-electron chi connectivity index (χ1n) is 9.47. The Balaban J connectivity index is 1.84. The summed E-state index contributed by atoms with van der Waals surface area (Å²) in [5.41, 5.74) is 3.43. The predicted molar refractivity (Wildman–Crippen MR) is 113 cm³/mol. The van der Waals surface area contributed by atoms with Crippen molar-refractivity contribution >= 4 is 29.4 Å². The molecule has 0 saturated heterocycles. The van der Waals surface area contributed by atoms with Crippen LogP contribution in [0.15, 0.2) is 23.0 Å². The highest BCUT2D eigenvalue weighted by atomic mass is 35.5. The maximum atomic E-state index is 12.8. The van der Waals surface area contributed by atoms with Crippen LogP contribution in [-0.2, 0) is 6.54 Å². The molecule has 1 aliphatic rings. The minimum absolute atomic E-state index is 0.107. The van der Waals surface area contributed by atoms with Crippen molar-refractivity contribution in [3.63, 3.8) is 0 Å². The summed E-state index contributed by atoms with van der Waals surface area (Å²) in [6, 6.07) is 5.52. The van der Waals surface area contributed by atoms with E-state index in [2.05, 4.69) is 15.6 Å². The molecule has 1 saturated carbocycles. The van der Waals surface area contributed by atoms with Crippen LogP contribution in [0.25, 0.3) is 0 Å². The molecule has 4 N–H and O–H groups in total. The van der Waals surface area contributed by atoms with Crippen molar-refractivity contribution in [2.24, 2.45) is 0 Å². The van der Waals surface area contributed by atoms with E-state index in [0.717, 1.165) is 24.1 Å². The Labute approximate surface area is 169 Å². The van der Waals surface area contributed by atoms with E-state index in [0.29, 0.717) is 33.4 Å². The molecule has 1 aromatic carbocycles. The number of anilines is 1. The Morgan fingerprint density at radius 3 is 2.64 bits per heavy atom. The van der Waals surface area contributed by atoms with Crippen LogP contribution in [0.5, 0.6) is 0 Å². The van der Waals surface area contributed by atoms with Gasteiger partial charge in [-0.3, -0.25) is 9.59 Å². The molecule has 0 spiro atoms. The van der Waals surface area contributed by atoms with Crippen LogP contribution in [0.2, 0.25) is 5.02 Å². The van der Waals surface area contributed by atoms with E-state index in [1.807, 2.05) is 19.9 Å². The standard InChI is InChI=1S/C21H25ClN4O2/c1-12-7-13(2)25-21(28)18(12)11-24-20(27)16-8-14(22)9-19(17(16)10-23)26-15-5-3-4-6-15/h7-10,15,23,26H,3-6,11H2,1-2H3,(H,24,27)(H,25,28). The van der Waals surface area contributed by atoms with Crippen LogP contribution < -0.4 is 16.2 Å². The number of benzene rings is 1. The third-order valence-corrected chi connectivity index (χ3v) is 5.39. The van der Waals surface area contributed by atoms with Gasteiger partial charge in [0.1, 0.15) is 0 Å². The molecule has 7 heteroatoms. The Morgan fingerprint density at radius 1 is 1.29 bits per heavy atom. The fourth-order valence-corrected chi connectivity index (χ4v) is 3.95. The summed E-state index contributed by atoms with van der Waals surface area (Å²) in [4.78, 5) is 27.7. The first-order valence-corrected chi connectivity index (χ1v) is 9.85. The fraction of sp³-hybridized carbons (Fsp3) is 0.381. The molecular formula is C21H25ClN4O2. The number of H-pyrrole nitrogens is 1. The van der Waals surface area contributed by atoms with Gasteiger partial charge in [-0.25, -0.2) is 0 Å². The first-order chi connectivity index (χ1) is 13.4. The van der Waals surface area contributed by atoms with E-state index in [9.17, 15) is 9.59 Å². The normalized spacial score (nSPS) is 14.1. The second kappa shape index (κ2) is 8.61. The molecule has 1 fully saturated rings. The van der Waals surface area contributed by atoms with Crippen molar-refractivity contribution in [2.45, 2.75) is 52.1 Å². The van der Waals surface area contributed by atoms with Gasteiger partial charge >= 0.3 is 0 Å². The SMILES string of the molecule is Cc1cc(C)c(CNC(=O)c2cc(Cl)cc(NC3CCCC3)c2C=N)c(=O)[nH]1. The summed E-state index contributed by atoms with van der Waals surface area (Å²) in [7, 11) is 0. The van der Waals surface area contributed by atoms with E-state index >= 15 is 0 Å². The third-order valence-electron chi connectivity index (χ3n) is 5.17. The number of carbonyl (C=O) groups is 1. The molecule has 1 heterocycles.